The Bertz CT molecular complexity index is 1090. The summed E-state index contributed by atoms with van der Waals surface area (Å²) < 4.78 is 14.9. The van der Waals surface area contributed by atoms with Gasteiger partial charge in [-0.1, -0.05) is 30.0 Å². The predicted molar refractivity (Wildman–Crippen MR) is 101 cm³/mol. The summed E-state index contributed by atoms with van der Waals surface area (Å²) in [5.41, 5.74) is 2.28. The van der Waals surface area contributed by atoms with Crippen LogP contribution in [-0.2, 0) is 4.79 Å². The minimum absolute atomic E-state index is 0.182. The van der Waals surface area contributed by atoms with E-state index >= 15 is 0 Å². The summed E-state index contributed by atoms with van der Waals surface area (Å²) in [7, 11) is 0. The highest BCUT2D eigenvalue weighted by molar-refractivity contribution is 8.00. The van der Waals surface area contributed by atoms with E-state index in [0.29, 0.717) is 10.8 Å². The molecule has 2 heterocycles. The molecule has 2 aromatic heterocycles. The number of halogens is 1. The normalized spacial score (nSPS) is 12.4. The molecule has 0 fully saturated rings. The minimum Gasteiger partial charge on any atom is -0.325 e. The fraction of sp³-hybridized carbons (Fsp3) is 0.105. The maximum atomic E-state index is 13.0. The molecule has 0 aliphatic rings. The molecule has 0 radical (unpaired) electrons. The second-order valence-electron chi connectivity index (χ2n) is 5.82. The molecule has 4 aromatic rings. The molecule has 0 aliphatic heterocycles. The number of pyridine rings is 1. The molecular formula is C19H15FN4OS. The Morgan fingerprint density at radius 2 is 1.85 bits per heavy atom. The summed E-state index contributed by atoms with van der Waals surface area (Å²) in [6, 6.07) is 17.5. The third-order valence-electron chi connectivity index (χ3n) is 4.01. The van der Waals surface area contributed by atoms with E-state index in [1.165, 1.54) is 36.0 Å². The van der Waals surface area contributed by atoms with Gasteiger partial charge in [0.25, 0.3) is 0 Å². The van der Waals surface area contributed by atoms with Crippen molar-refractivity contribution < 1.29 is 9.18 Å². The van der Waals surface area contributed by atoms with E-state index in [4.69, 9.17) is 0 Å². The maximum absolute atomic E-state index is 13.0. The number of benzene rings is 2. The number of fused-ring (bicyclic) bond motifs is 3. The zero-order chi connectivity index (χ0) is 18.1. The van der Waals surface area contributed by atoms with E-state index in [1.54, 1.807) is 6.92 Å². The lowest BCUT2D eigenvalue weighted by atomic mass is 10.2. The lowest BCUT2D eigenvalue weighted by molar-refractivity contribution is -0.115. The molecular weight excluding hydrogens is 351 g/mol. The largest absolute Gasteiger partial charge is 0.325 e. The summed E-state index contributed by atoms with van der Waals surface area (Å²) in [6.07, 6.45) is 0. The summed E-state index contributed by atoms with van der Waals surface area (Å²) in [5.74, 6) is -0.522. The Balaban J connectivity index is 1.59. The van der Waals surface area contributed by atoms with Gasteiger partial charge < -0.3 is 5.32 Å². The number of nitrogens with one attached hydrogen (secondary N) is 1. The van der Waals surface area contributed by atoms with Crippen molar-refractivity contribution in [3.8, 4) is 0 Å². The molecule has 4 rings (SSSR count). The van der Waals surface area contributed by atoms with Crippen LogP contribution in [0.2, 0.25) is 0 Å². The second kappa shape index (κ2) is 6.76. The van der Waals surface area contributed by atoms with Crippen molar-refractivity contribution >= 4 is 39.9 Å². The number of amides is 1. The molecule has 130 valence electrons. The monoisotopic (exact) mass is 366 g/mol. The van der Waals surface area contributed by atoms with Gasteiger partial charge in [-0.25, -0.2) is 4.39 Å². The molecule has 0 unspecified atom stereocenters. The highest BCUT2D eigenvalue weighted by Gasteiger charge is 2.19. The number of thioether (sulfide) groups is 1. The maximum Gasteiger partial charge on any atom is 0.237 e. The van der Waals surface area contributed by atoms with Crippen LogP contribution in [0.25, 0.3) is 16.6 Å². The molecule has 1 N–H and O–H groups in total. The Kier molecular flexibility index (Phi) is 4.30. The highest BCUT2D eigenvalue weighted by atomic mass is 32.2. The van der Waals surface area contributed by atoms with Crippen LogP contribution < -0.4 is 5.32 Å². The highest BCUT2D eigenvalue weighted by Crippen LogP contribution is 2.26. The molecule has 0 saturated carbocycles. The molecule has 0 bridgehead atoms. The van der Waals surface area contributed by atoms with Crippen LogP contribution in [0.4, 0.5) is 10.1 Å². The first-order chi connectivity index (χ1) is 12.6. The van der Waals surface area contributed by atoms with Gasteiger partial charge in [-0.15, -0.1) is 10.2 Å². The number of anilines is 1. The third kappa shape index (κ3) is 3.13. The van der Waals surface area contributed by atoms with Gasteiger partial charge in [-0.05, 0) is 54.8 Å². The van der Waals surface area contributed by atoms with Gasteiger partial charge in [-0.2, -0.15) is 0 Å². The average Bonchev–Trinajstić information content (AvgIpc) is 3.07. The van der Waals surface area contributed by atoms with E-state index in [1.807, 2.05) is 40.8 Å². The molecule has 0 saturated heterocycles. The zero-order valence-corrected chi connectivity index (χ0v) is 14.7. The van der Waals surface area contributed by atoms with Gasteiger partial charge >= 0.3 is 0 Å². The molecule has 1 amide bonds. The number of nitrogens with zero attached hydrogens (tertiary/aromatic N) is 3. The smallest absolute Gasteiger partial charge is 0.237 e. The van der Waals surface area contributed by atoms with Crippen LogP contribution in [0.3, 0.4) is 0 Å². The predicted octanol–water partition coefficient (Wildman–Crippen LogP) is 4.14. The standard InChI is InChI=1S/C19H15FN4OS/c1-12(18(25)21-15-9-7-14(20)8-10-15)26-19-23-22-17-11-6-13-4-2-3-5-16(13)24(17)19/h2-12H,1H3,(H,21,25)/t12-/m0/s1. The quantitative estimate of drug-likeness (QED) is 0.552. The van der Waals surface area contributed by atoms with Gasteiger partial charge in [0.2, 0.25) is 5.91 Å². The van der Waals surface area contributed by atoms with Crippen molar-refractivity contribution in [3.63, 3.8) is 0 Å². The van der Waals surface area contributed by atoms with Crippen molar-refractivity contribution in [2.75, 3.05) is 5.32 Å². The number of aromatic nitrogens is 3. The number of para-hydroxylation sites is 1. The first-order valence-electron chi connectivity index (χ1n) is 8.08. The number of carbonyl (C=O) groups is 1. The number of carbonyl (C=O) groups excluding carboxylic acids is 1. The van der Waals surface area contributed by atoms with Gasteiger partial charge in [0.05, 0.1) is 10.8 Å². The van der Waals surface area contributed by atoms with Crippen LogP contribution in [0, 0.1) is 5.82 Å². The van der Waals surface area contributed by atoms with E-state index in [0.717, 1.165) is 16.6 Å². The third-order valence-corrected chi connectivity index (χ3v) is 5.05. The molecule has 5 nitrogen and oxygen atoms in total. The fourth-order valence-electron chi connectivity index (χ4n) is 2.68. The number of hydrogen-bond donors (Lipinski definition) is 1. The van der Waals surface area contributed by atoms with Crippen molar-refractivity contribution in [1.29, 1.82) is 0 Å². The van der Waals surface area contributed by atoms with Crippen LogP contribution in [0.5, 0.6) is 0 Å². The number of rotatable bonds is 4. The van der Waals surface area contributed by atoms with E-state index < -0.39 is 5.25 Å². The van der Waals surface area contributed by atoms with Gasteiger partial charge in [0.15, 0.2) is 10.8 Å². The number of hydrogen-bond acceptors (Lipinski definition) is 4. The van der Waals surface area contributed by atoms with E-state index in [-0.39, 0.29) is 11.7 Å². The molecule has 7 heteroatoms. The van der Waals surface area contributed by atoms with E-state index in [2.05, 4.69) is 15.5 Å². The minimum atomic E-state index is -0.397. The van der Waals surface area contributed by atoms with Crippen LogP contribution >= 0.6 is 11.8 Å². The van der Waals surface area contributed by atoms with Crippen molar-refractivity contribution in [1.82, 2.24) is 14.6 Å². The molecule has 0 spiro atoms. The Morgan fingerprint density at radius 1 is 1.08 bits per heavy atom. The van der Waals surface area contributed by atoms with Gasteiger partial charge in [0.1, 0.15) is 5.82 Å². The fourth-order valence-corrected chi connectivity index (χ4v) is 3.54. The van der Waals surface area contributed by atoms with Gasteiger partial charge in [0, 0.05) is 5.69 Å². The first-order valence-corrected chi connectivity index (χ1v) is 8.96. The second-order valence-corrected chi connectivity index (χ2v) is 7.13. The van der Waals surface area contributed by atoms with Crippen LogP contribution in [0.15, 0.2) is 65.8 Å². The SMILES string of the molecule is C[C@H](Sc1nnc2ccc3ccccc3n12)C(=O)Nc1ccc(F)cc1. The molecule has 26 heavy (non-hydrogen) atoms. The Morgan fingerprint density at radius 3 is 2.65 bits per heavy atom. The average molecular weight is 366 g/mol. The summed E-state index contributed by atoms with van der Waals surface area (Å²) in [4.78, 5) is 12.4. The van der Waals surface area contributed by atoms with E-state index in [9.17, 15) is 9.18 Å². The summed E-state index contributed by atoms with van der Waals surface area (Å²) >= 11 is 1.33. The zero-order valence-electron chi connectivity index (χ0n) is 13.9. The molecule has 0 aliphatic carbocycles. The van der Waals surface area contributed by atoms with Crippen molar-refractivity contribution in [2.45, 2.75) is 17.3 Å². The molecule has 1 atom stereocenters. The van der Waals surface area contributed by atoms with Crippen LogP contribution in [0.1, 0.15) is 6.92 Å². The Labute approximate surface area is 153 Å². The Hall–Kier alpha value is -2.93. The van der Waals surface area contributed by atoms with Crippen LogP contribution in [-0.4, -0.2) is 25.8 Å². The van der Waals surface area contributed by atoms with Crippen molar-refractivity contribution in [2.24, 2.45) is 0 Å². The first kappa shape index (κ1) is 16.5. The topological polar surface area (TPSA) is 59.3 Å². The lowest BCUT2D eigenvalue weighted by Gasteiger charge is -2.11. The van der Waals surface area contributed by atoms with Gasteiger partial charge in [-0.3, -0.25) is 9.20 Å². The lowest BCUT2D eigenvalue weighted by Crippen LogP contribution is -2.22. The summed E-state index contributed by atoms with van der Waals surface area (Å²) in [5, 5.41) is 12.5. The van der Waals surface area contributed by atoms with Crippen molar-refractivity contribution in [3.05, 3.63) is 66.5 Å². The molecule has 2 aromatic carbocycles. The summed E-state index contributed by atoms with van der Waals surface area (Å²) in [6.45, 7) is 1.80.